The molecule has 0 atom stereocenters. The van der Waals surface area contributed by atoms with Gasteiger partial charge in [0, 0.05) is 21.7 Å². The topological polar surface area (TPSA) is 50.8 Å². The average Bonchev–Trinajstić information content (AvgIpc) is 3.48. The minimum absolute atomic E-state index is 0.00267. The molecule has 0 spiro atoms. The highest BCUT2D eigenvalue weighted by Crippen LogP contribution is 2.31. The summed E-state index contributed by atoms with van der Waals surface area (Å²) in [5.74, 6) is 1.61. The average molecular weight is 466 g/mol. The molecule has 0 unspecified atom stereocenters. The fourth-order valence-electron chi connectivity index (χ4n) is 2.91. The van der Waals surface area contributed by atoms with Crippen molar-refractivity contribution >= 4 is 34.2 Å². The number of nitrogens with zero attached hydrogens (tertiary/aromatic N) is 1. The molecule has 1 N–H and O–H groups in total. The number of para-hydroxylation sites is 1. The summed E-state index contributed by atoms with van der Waals surface area (Å²) >= 11 is 2.23. The number of hydrogen-bond donors (Lipinski definition) is 1. The van der Waals surface area contributed by atoms with Crippen LogP contribution in [0, 0.1) is 3.57 Å². The van der Waals surface area contributed by atoms with Gasteiger partial charge in [-0.15, -0.1) is 0 Å². The molecule has 0 saturated heterocycles. The van der Waals surface area contributed by atoms with Gasteiger partial charge in [0.05, 0.1) is 26.5 Å². The van der Waals surface area contributed by atoms with Gasteiger partial charge in [0.1, 0.15) is 11.5 Å². The lowest BCUT2D eigenvalue weighted by Crippen LogP contribution is -2.34. The van der Waals surface area contributed by atoms with Crippen molar-refractivity contribution in [2.75, 3.05) is 26.1 Å². The van der Waals surface area contributed by atoms with Gasteiger partial charge >= 0.3 is 0 Å². The molecule has 1 aliphatic carbocycles. The Morgan fingerprint density at radius 2 is 1.96 bits per heavy atom. The molecule has 1 amide bonds. The molecule has 0 heterocycles. The Bertz CT molecular complexity index is 777. The predicted molar refractivity (Wildman–Crippen MR) is 111 cm³/mol. The van der Waals surface area contributed by atoms with Crippen LogP contribution in [0.5, 0.6) is 11.5 Å². The van der Waals surface area contributed by atoms with E-state index in [0.29, 0.717) is 19.1 Å². The van der Waals surface area contributed by atoms with Crippen molar-refractivity contribution in [1.29, 1.82) is 0 Å². The number of carbonyl (C=O) groups is 1. The highest BCUT2D eigenvalue weighted by molar-refractivity contribution is 14.1. The Morgan fingerprint density at radius 1 is 1.19 bits per heavy atom. The number of benzene rings is 2. The first-order chi connectivity index (χ1) is 12.6. The van der Waals surface area contributed by atoms with Crippen LogP contribution in [-0.2, 0) is 11.3 Å². The third kappa shape index (κ3) is 4.88. The molecule has 138 valence electrons. The Kier molecular flexibility index (Phi) is 6.37. The third-order valence-electron chi connectivity index (χ3n) is 4.42. The van der Waals surface area contributed by atoms with E-state index in [2.05, 4.69) is 32.8 Å². The minimum Gasteiger partial charge on any atom is -0.497 e. The maximum atomic E-state index is 12.6. The quantitative estimate of drug-likeness (QED) is 0.600. The molecule has 2 aromatic carbocycles. The van der Waals surface area contributed by atoms with Crippen molar-refractivity contribution in [2.45, 2.75) is 25.4 Å². The molecule has 1 aliphatic rings. The highest BCUT2D eigenvalue weighted by Gasteiger charge is 2.31. The van der Waals surface area contributed by atoms with Gasteiger partial charge < -0.3 is 14.8 Å². The lowest BCUT2D eigenvalue weighted by atomic mass is 10.1. The summed E-state index contributed by atoms with van der Waals surface area (Å²) in [6, 6.07) is 14.0. The van der Waals surface area contributed by atoms with Crippen LogP contribution >= 0.6 is 22.6 Å². The van der Waals surface area contributed by atoms with Gasteiger partial charge in [-0.3, -0.25) is 9.69 Å². The zero-order chi connectivity index (χ0) is 18.5. The van der Waals surface area contributed by atoms with Crippen molar-refractivity contribution in [3.63, 3.8) is 0 Å². The SMILES string of the molecule is COc1ccc(OC)c(CN(CC(=O)Nc2ccccc2I)C2CC2)c1. The van der Waals surface area contributed by atoms with E-state index >= 15 is 0 Å². The highest BCUT2D eigenvalue weighted by atomic mass is 127. The molecule has 1 saturated carbocycles. The maximum Gasteiger partial charge on any atom is 0.238 e. The lowest BCUT2D eigenvalue weighted by Gasteiger charge is -2.23. The number of anilines is 1. The zero-order valence-electron chi connectivity index (χ0n) is 15.0. The number of hydrogen-bond acceptors (Lipinski definition) is 4. The summed E-state index contributed by atoms with van der Waals surface area (Å²) in [5.41, 5.74) is 1.88. The molecule has 1 fully saturated rings. The molecule has 5 nitrogen and oxygen atoms in total. The second kappa shape index (κ2) is 8.73. The van der Waals surface area contributed by atoms with Crippen LogP contribution < -0.4 is 14.8 Å². The first kappa shape index (κ1) is 19.0. The van der Waals surface area contributed by atoms with Gasteiger partial charge in [-0.1, -0.05) is 12.1 Å². The number of rotatable bonds is 8. The molecule has 0 aromatic heterocycles. The van der Waals surface area contributed by atoms with E-state index in [1.165, 1.54) is 0 Å². The zero-order valence-corrected chi connectivity index (χ0v) is 17.2. The smallest absolute Gasteiger partial charge is 0.238 e. The Morgan fingerprint density at radius 3 is 2.62 bits per heavy atom. The van der Waals surface area contributed by atoms with E-state index in [0.717, 1.165) is 39.2 Å². The van der Waals surface area contributed by atoms with Crippen LogP contribution in [0.4, 0.5) is 5.69 Å². The van der Waals surface area contributed by atoms with Gasteiger partial charge in [-0.25, -0.2) is 0 Å². The largest absolute Gasteiger partial charge is 0.497 e. The number of halogens is 1. The second-order valence-corrected chi connectivity index (χ2v) is 7.50. The number of amides is 1. The monoisotopic (exact) mass is 466 g/mol. The van der Waals surface area contributed by atoms with Crippen LogP contribution in [0.2, 0.25) is 0 Å². The van der Waals surface area contributed by atoms with Crippen LogP contribution in [0.25, 0.3) is 0 Å². The Balaban J connectivity index is 1.70. The van der Waals surface area contributed by atoms with Crippen molar-refractivity contribution in [3.05, 3.63) is 51.6 Å². The third-order valence-corrected chi connectivity index (χ3v) is 5.36. The van der Waals surface area contributed by atoms with Gasteiger partial charge in [0.15, 0.2) is 0 Å². The number of carbonyl (C=O) groups excluding carboxylic acids is 1. The molecule has 2 aromatic rings. The fourth-order valence-corrected chi connectivity index (χ4v) is 3.44. The van der Waals surface area contributed by atoms with Crippen molar-refractivity contribution < 1.29 is 14.3 Å². The van der Waals surface area contributed by atoms with E-state index < -0.39 is 0 Å². The van der Waals surface area contributed by atoms with E-state index in [9.17, 15) is 4.79 Å². The summed E-state index contributed by atoms with van der Waals surface area (Å²) in [7, 11) is 3.32. The standard InChI is InChI=1S/C20H23IN2O3/c1-25-16-9-10-19(26-2)14(11-16)12-23(15-7-8-15)13-20(24)22-18-6-4-3-5-17(18)21/h3-6,9-11,15H,7-8,12-13H2,1-2H3,(H,22,24). The molecule has 3 rings (SSSR count). The molecular formula is C20H23IN2O3. The van der Waals surface area contributed by atoms with Crippen LogP contribution in [0.3, 0.4) is 0 Å². The molecular weight excluding hydrogens is 443 g/mol. The second-order valence-electron chi connectivity index (χ2n) is 6.34. The van der Waals surface area contributed by atoms with E-state index in [4.69, 9.17) is 9.47 Å². The van der Waals surface area contributed by atoms with Gasteiger partial charge in [0.2, 0.25) is 5.91 Å². The Hall–Kier alpha value is -1.80. The summed E-state index contributed by atoms with van der Waals surface area (Å²) in [6.45, 7) is 1.01. The van der Waals surface area contributed by atoms with E-state index in [-0.39, 0.29) is 5.91 Å². The first-order valence-electron chi connectivity index (χ1n) is 8.60. The van der Waals surface area contributed by atoms with Crippen molar-refractivity contribution in [2.24, 2.45) is 0 Å². The normalized spacial score (nSPS) is 13.5. The van der Waals surface area contributed by atoms with Crippen LogP contribution in [-0.4, -0.2) is 37.6 Å². The van der Waals surface area contributed by atoms with Crippen LogP contribution in [0.15, 0.2) is 42.5 Å². The van der Waals surface area contributed by atoms with Crippen molar-refractivity contribution in [3.8, 4) is 11.5 Å². The number of ether oxygens (including phenoxy) is 2. The fraction of sp³-hybridized carbons (Fsp3) is 0.350. The molecule has 0 radical (unpaired) electrons. The first-order valence-corrected chi connectivity index (χ1v) is 9.68. The predicted octanol–water partition coefficient (Wildman–Crippen LogP) is 3.91. The molecule has 26 heavy (non-hydrogen) atoms. The Labute approximate surface area is 167 Å². The minimum atomic E-state index is 0.00267. The number of methoxy groups -OCH3 is 2. The maximum absolute atomic E-state index is 12.6. The lowest BCUT2D eigenvalue weighted by molar-refractivity contribution is -0.117. The van der Waals surface area contributed by atoms with E-state index in [1.807, 2.05) is 42.5 Å². The summed E-state index contributed by atoms with van der Waals surface area (Å²) < 4.78 is 11.8. The van der Waals surface area contributed by atoms with Gasteiger partial charge in [0.25, 0.3) is 0 Å². The van der Waals surface area contributed by atoms with Crippen molar-refractivity contribution in [1.82, 2.24) is 4.90 Å². The summed E-state index contributed by atoms with van der Waals surface area (Å²) in [5, 5.41) is 3.02. The molecule has 0 bridgehead atoms. The number of nitrogens with one attached hydrogen (secondary N) is 1. The summed E-state index contributed by atoms with van der Waals surface area (Å²) in [4.78, 5) is 14.8. The summed E-state index contributed by atoms with van der Waals surface area (Å²) in [6.07, 6.45) is 2.25. The van der Waals surface area contributed by atoms with Gasteiger partial charge in [-0.2, -0.15) is 0 Å². The molecule has 6 heteroatoms. The van der Waals surface area contributed by atoms with Gasteiger partial charge in [-0.05, 0) is 65.8 Å². The van der Waals surface area contributed by atoms with Crippen LogP contribution in [0.1, 0.15) is 18.4 Å². The molecule has 0 aliphatic heterocycles. The van der Waals surface area contributed by atoms with E-state index in [1.54, 1.807) is 14.2 Å².